The minimum Gasteiger partial charge on any atom is -0.481 e. The number of carboxylic acids is 1. The first kappa shape index (κ1) is 18.8. The number of carbonyl (C=O) groups is 2. The zero-order chi connectivity index (χ0) is 18.9. The van der Waals surface area contributed by atoms with Crippen molar-refractivity contribution in [1.29, 1.82) is 0 Å². The molecule has 0 bridgehead atoms. The molecule has 0 saturated carbocycles. The van der Waals surface area contributed by atoms with Gasteiger partial charge < -0.3 is 10.0 Å². The third-order valence-corrected chi connectivity index (χ3v) is 6.80. The fourth-order valence-corrected chi connectivity index (χ4v) is 4.97. The number of nitrogens with zero attached hydrogens (tertiary/aromatic N) is 2. The smallest absolute Gasteiger partial charge is 0.307 e. The van der Waals surface area contributed by atoms with Crippen LogP contribution in [0.4, 0.5) is 4.39 Å². The van der Waals surface area contributed by atoms with Crippen molar-refractivity contribution in [1.82, 2.24) is 9.21 Å². The number of rotatable bonds is 4. The number of hydrogen-bond acceptors (Lipinski definition) is 4. The van der Waals surface area contributed by atoms with E-state index in [0.717, 1.165) is 23.2 Å². The minimum atomic E-state index is -4.01. The molecule has 0 spiro atoms. The van der Waals surface area contributed by atoms with Crippen LogP contribution in [0.2, 0.25) is 0 Å². The van der Waals surface area contributed by atoms with Crippen LogP contribution in [-0.2, 0) is 14.8 Å². The number of aliphatic carboxylic acids is 1. The number of hydrogen-bond donors (Lipinski definition) is 1. The van der Waals surface area contributed by atoms with Crippen molar-refractivity contribution in [3.8, 4) is 0 Å². The van der Waals surface area contributed by atoms with E-state index in [2.05, 4.69) is 0 Å². The van der Waals surface area contributed by atoms with Crippen LogP contribution in [0.25, 0.3) is 0 Å². The summed E-state index contributed by atoms with van der Waals surface area (Å²) in [6.07, 6.45) is 2.60. The summed E-state index contributed by atoms with van der Waals surface area (Å²) in [6, 6.07) is 3.26. The summed E-state index contributed by atoms with van der Waals surface area (Å²) >= 11 is 0. The molecule has 2 aliphatic rings. The molecule has 1 atom stereocenters. The average molecular weight is 384 g/mol. The molecule has 26 heavy (non-hydrogen) atoms. The van der Waals surface area contributed by atoms with E-state index in [1.165, 1.54) is 12.1 Å². The predicted octanol–water partition coefficient (Wildman–Crippen LogP) is 1.55. The van der Waals surface area contributed by atoms with E-state index in [-0.39, 0.29) is 23.5 Å². The van der Waals surface area contributed by atoms with Crippen LogP contribution in [0.5, 0.6) is 0 Å². The summed E-state index contributed by atoms with van der Waals surface area (Å²) in [4.78, 5) is 24.7. The topological polar surface area (TPSA) is 95.0 Å². The SMILES string of the molecule is O=C(O)C1CCCN(S(=O)(=O)c2ccc(C(=O)N3CCCC3)c(F)c2)C1. The number of piperidine rings is 1. The van der Waals surface area contributed by atoms with Gasteiger partial charge in [0.05, 0.1) is 16.4 Å². The summed E-state index contributed by atoms with van der Waals surface area (Å²) in [7, 11) is -4.01. The van der Waals surface area contributed by atoms with Crippen LogP contribution in [-0.4, -0.2) is 60.8 Å². The van der Waals surface area contributed by atoms with Crippen LogP contribution < -0.4 is 0 Å². The normalized spacial score (nSPS) is 21.7. The quantitative estimate of drug-likeness (QED) is 0.850. The number of amides is 1. The zero-order valence-electron chi connectivity index (χ0n) is 14.2. The Kier molecular flexibility index (Phi) is 5.29. The first-order valence-corrected chi connectivity index (χ1v) is 10.1. The molecule has 0 aliphatic carbocycles. The number of sulfonamides is 1. The van der Waals surface area contributed by atoms with Gasteiger partial charge >= 0.3 is 5.97 Å². The van der Waals surface area contributed by atoms with E-state index in [4.69, 9.17) is 5.11 Å². The molecule has 0 aromatic heterocycles. The summed E-state index contributed by atoms with van der Waals surface area (Å²) in [6.45, 7) is 1.21. The molecule has 2 saturated heterocycles. The molecule has 1 aromatic rings. The van der Waals surface area contributed by atoms with Gasteiger partial charge in [0.2, 0.25) is 10.0 Å². The number of carbonyl (C=O) groups excluding carboxylic acids is 1. The Hall–Kier alpha value is -2.00. The first-order valence-electron chi connectivity index (χ1n) is 8.62. The molecule has 9 heteroatoms. The van der Waals surface area contributed by atoms with Gasteiger partial charge in [-0.05, 0) is 43.9 Å². The van der Waals surface area contributed by atoms with Gasteiger partial charge in [-0.15, -0.1) is 0 Å². The summed E-state index contributed by atoms with van der Waals surface area (Å²) in [5, 5.41) is 9.11. The second-order valence-corrected chi connectivity index (χ2v) is 8.62. The summed E-state index contributed by atoms with van der Waals surface area (Å²) in [5.41, 5.74) is -0.145. The van der Waals surface area contributed by atoms with E-state index < -0.39 is 33.6 Å². The lowest BCUT2D eigenvalue weighted by molar-refractivity contribution is -0.142. The number of benzene rings is 1. The fraction of sp³-hybridized carbons (Fsp3) is 0.529. The van der Waals surface area contributed by atoms with Gasteiger partial charge in [-0.3, -0.25) is 9.59 Å². The van der Waals surface area contributed by atoms with Crippen molar-refractivity contribution in [2.24, 2.45) is 5.92 Å². The monoisotopic (exact) mass is 384 g/mol. The van der Waals surface area contributed by atoms with Crippen molar-refractivity contribution in [3.63, 3.8) is 0 Å². The van der Waals surface area contributed by atoms with Crippen LogP contribution >= 0.6 is 0 Å². The highest BCUT2D eigenvalue weighted by Crippen LogP contribution is 2.26. The molecule has 1 N–H and O–H groups in total. The Bertz CT molecular complexity index is 820. The van der Waals surface area contributed by atoms with Crippen LogP contribution in [0.1, 0.15) is 36.0 Å². The highest BCUT2D eigenvalue weighted by atomic mass is 32.2. The maximum atomic E-state index is 14.4. The molecule has 2 aliphatic heterocycles. The highest BCUT2D eigenvalue weighted by Gasteiger charge is 2.34. The number of carboxylic acid groups (broad SMARTS) is 1. The zero-order valence-corrected chi connectivity index (χ0v) is 15.0. The Morgan fingerprint density at radius 1 is 1.12 bits per heavy atom. The fourth-order valence-electron chi connectivity index (χ4n) is 3.43. The molecule has 1 amide bonds. The molecule has 3 rings (SSSR count). The van der Waals surface area contributed by atoms with E-state index >= 15 is 0 Å². The van der Waals surface area contributed by atoms with E-state index in [9.17, 15) is 22.4 Å². The van der Waals surface area contributed by atoms with Crippen molar-refractivity contribution in [3.05, 3.63) is 29.6 Å². The summed E-state index contributed by atoms with van der Waals surface area (Å²) in [5.74, 6) is -3.12. The third kappa shape index (κ3) is 3.59. The van der Waals surface area contributed by atoms with Crippen LogP contribution in [0, 0.1) is 11.7 Å². The Morgan fingerprint density at radius 2 is 1.81 bits per heavy atom. The van der Waals surface area contributed by atoms with Crippen molar-refractivity contribution < 1.29 is 27.5 Å². The van der Waals surface area contributed by atoms with Gasteiger partial charge in [0.25, 0.3) is 5.91 Å². The maximum absolute atomic E-state index is 14.4. The molecule has 1 aromatic carbocycles. The van der Waals surface area contributed by atoms with Crippen molar-refractivity contribution >= 4 is 21.9 Å². The largest absolute Gasteiger partial charge is 0.481 e. The van der Waals surface area contributed by atoms with Crippen molar-refractivity contribution in [2.75, 3.05) is 26.2 Å². The standard InChI is InChI=1S/C17H21FN2O5S/c18-15-10-13(5-6-14(15)16(21)19-7-1-2-8-19)26(24,25)20-9-3-4-12(11-20)17(22)23/h5-6,10,12H,1-4,7-9,11H2,(H,22,23). The molecule has 2 heterocycles. The average Bonchev–Trinajstić information content (AvgIpc) is 3.15. The van der Waals surface area contributed by atoms with E-state index in [1.54, 1.807) is 4.90 Å². The maximum Gasteiger partial charge on any atom is 0.307 e. The van der Waals surface area contributed by atoms with Gasteiger partial charge in [0, 0.05) is 26.2 Å². The molecule has 7 nitrogen and oxygen atoms in total. The van der Waals surface area contributed by atoms with E-state index in [0.29, 0.717) is 25.9 Å². The van der Waals surface area contributed by atoms with Crippen LogP contribution in [0.15, 0.2) is 23.1 Å². The third-order valence-electron chi connectivity index (χ3n) is 4.94. The molecule has 1 unspecified atom stereocenters. The molecule has 0 radical (unpaired) electrons. The van der Waals surface area contributed by atoms with Gasteiger partial charge in [0.1, 0.15) is 5.82 Å². The second-order valence-electron chi connectivity index (χ2n) is 6.68. The Morgan fingerprint density at radius 3 is 2.42 bits per heavy atom. The second kappa shape index (κ2) is 7.32. The van der Waals surface area contributed by atoms with Crippen LogP contribution in [0.3, 0.4) is 0 Å². The first-order chi connectivity index (χ1) is 12.3. The Labute approximate surface area is 151 Å². The highest BCUT2D eigenvalue weighted by molar-refractivity contribution is 7.89. The summed E-state index contributed by atoms with van der Waals surface area (Å²) < 4.78 is 40.9. The van der Waals surface area contributed by atoms with E-state index in [1.807, 2.05) is 0 Å². The van der Waals surface area contributed by atoms with Gasteiger partial charge in [-0.1, -0.05) is 0 Å². The molecule has 142 valence electrons. The number of halogens is 1. The van der Waals surface area contributed by atoms with Gasteiger partial charge in [0.15, 0.2) is 0 Å². The lowest BCUT2D eigenvalue weighted by atomic mass is 10.0. The Balaban J connectivity index is 1.83. The molecular weight excluding hydrogens is 363 g/mol. The predicted molar refractivity (Wildman–Crippen MR) is 90.7 cm³/mol. The molecular formula is C17H21FN2O5S. The lowest BCUT2D eigenvalue weighted by Crippen LogP contribution is -2.42. The molecule has 2 fully saturated rings. The number of likely N-dealkylation sites (tertiary alicyclic amines) is 1. The van der Waals surface area contributed by atoms with Crippen molar-refractivity contribution in [2.45, 2.75) is 30.6 Å². The minimum absolute atomic E-state index is 0.131. The van der Waals surface area contributed by atoms with Gasteiger partial charge in [-0.2, -0.15) is 4.31 Å². The lowest BCUT2D eigenvalue weighted by Gasteiger charge is -2.29. The van der Waals surface area contributed by atoms with Gasteiger partial charge in [-0.25, -0.2) is 12.8 Å².